The molecule has 5 aromatic rings. The molecular formula is C25H24N4. The summed E-state index contributed by atoms with van der Waals surface area (Å²) >= 11 is 0. The predicted molar refractivity (Wildman–Crippen MR) is 119 cm³/mol. The lowest BCUT2D eigenvalue weighted by atomic mass is 9.87. The topological polar surface area (TPSA) is 43.1 Å². The fourth-order valence-corrected chi connectivity index (χ4v) is 4.38. The van der Waals surface area contributed by atoms with Gasteiger partial charge in [-0.2, -0.15) is 0 Å². The summed E-state index contributed by atoms with van der Waals surface area (Å²) in [4.78, 5) is 13.9. The maximum atomic E-state index is 4.88. The number of aromatic nitrogens is 4. The molecule has 0 aliphatic rings. The minimum absolute atomic E-state index is 0.413. The van der Waals surface area contributed by atoms with Crippen LogP contribution in [-0.2, 0) is 0 Å². The Balaban J connectivity index is 2.00. The zero-order valence-corrected chi connectivity index (χ0v) is 17.2. The SMILES string of the molecule is CC(C)c1cccc(C(C)C)c1-c1cnc2c3ccccc3c3cncnc3n12. The van der Waals surface area contributed by atoms with Crippen LogP contribution in [0.25, 0.3) is 38.7 Å². The Labute approximate surface area is 170 Å². The van der Waals surface area contributed by atoms with Crippen LogP contribution in [-0.4, -0.2) is 19.4 Å². The lowest BCUT2D eigenvalue weighted by Crippen LogP contribution is -2.03. The molecule has 0 saturated heterocycles. The highest BCUT2D eigenvalue weighted by Crippen LogP contribution is 2.38. The van der Waals surface area contributed by atoms with E-state index >= 15 is 0 Å². The van der Waals surface area contributed by atoms with E-state index in [4.69, 9.17) is 4.98 Å². The maximum absolute atomic E-state index is 4.88. The highest BCUT2D eigenvalue weighted by atomic mass is 15.1. The van der Waals surface area contributed by atoms with Crippen LogP contribution in [0.15, 0.2) is 61.2 Å². The van der Waals surface area contributed by atoms with Crippen LogP contribution in [0.4, 0.5) is 0 Å². The third kappa shape index (κ3) is 2.63. The second-order valence-electron chi connectivity index (χ2n) is 8.23. The second kappa shape index (κ2) is 6.66. The van der Waals surface area contributed by atoms with Gasteiger partial charge in [0.05, 0.1) is 11.9 Å². The van der Waals surface area contributed by atoms with Gasteiger partial charge >= 0.3 is 0 Å². The number of fused-ring (bicyclic) bond motifs is 6. The molecule has 0 aliphatic heterocycles. The van der Waals surface area contributed by atoms with E-state index in [0.29, 0.717) is 11.8 Å². The Kier molecular flexibility index (Phi) is 4.09. The molecule has 0 fully saturated rings. The molecule has 144 valence electrons. The molecule has 0 atom stereocenters. The zero-order valence-electron chi connectivity index (χ0n) is 17.2. The largest absolute Gasteiger partial charge is 0.276 e. The van der Waals surface area contributed by atoms with E-state index in [1.54, 1.807) is 6.33 Å². The molecule has 0 bridgehead atoms. The van der Waals surface area contributed by atoms with Gasteiger partial charge in [0, 0.05) is 22.5 Å². The van der Waals surface area contributed by atoms with E-state index in [2.05, 4.69) is 84.5 Å². The molecule has 0 unspecified atom stereocenters. The minimum Gasteiger partial charge on any atom is -0.276 e. The van der Waals surface area contributed by atoms with Crippen LogP contribution in [0.5, 0.6) is 0 Å². The van der Waals surface area contributed by atoms with Gasteiger partial charge in [-0.1, -0.05) is 70.2 Å². The number of imidazole rings is 1. The van der Waals surface area contributed by atoms with E-state index in [0.717, 1.165) is 33.1 Å². The second-order valence-corrected chi connectivity index (χ2v) is 8.23. The summed E-state index contributed by atoms with van der Waals surface area (Å²) in [5, 5.41) is 3.30. The number of rotatable bonds is 3. The minimum atomic E-state index is 0.413. The van der Waals surface area contributed by atoms with Gasteiger partial charge in [-0.3, -0.25) is 4.40 Å². The summed E-state index contributed by atoms with van der Waals surface area (Å²) in [6.07, 6.45) is 5.54. The summed E-state index contributed by atoms with van der Waals surface area (Å²) in [7, 11) is 0. The van der Waals surface area contributed by atoms with Crippen molar-refractivity contribution in [1.29, 1.82) is 0 Å². The van der Waals surface area contributed by atoms with Crippen molar-refractivity contribution in [1.82, 2.24) is 19.4 Å². The Morgan fingerprint density at radius 2 is 1.34 bits per heavy atom. The summed E-state index contributed by atoms with van der Waals surface area (Å²) < 4.78 is 2.21. The molecule has 0 aliphatic carbocycles. The molecule has 5 rings (SSSR count). The average Bonchev–Trinajstić information content (AvgIpc) is 3.18. The number of hydrogen-bond acceptors (Lipinski definition) is 3. The summed E-state index contributed by atoms with van der Waals surface area (Å²) in [5.41, 5.74) is 6.90. The predicted octanol–water partition coefficient (Wildman–Crippen LogP) is 6.34. The zero-order chi connectivity index (χ0) is 20.1. The van der Waals surface area contributed by atoms with Crippen molar-refractivity contribution in [3.8, 4) is 11.3 Å². The van der Waals surface area contributed by atoms with E-state index in [1.807, 2.05) is 12.4 Å². The molecule has 3 heterocycles. The van der Waals surface area contributed by atoms with Gasteiger partial charge < -0.3 is 0 Å². The van der Waals surface area contributed by atoms with Crippen LogP contribution in [0.3, 0.4) is 0 Å². The quantitative estimate of drug-likeness (QED) is 0.343. The van der Waals surface area contributed by atoms with Crippen molar-refractivity contribution in [2.75, 3.05) is 0 Å². The Hall–Kier alpha value is -3.27. The van der Waals surface area contributed by atoms with Crippen LogP contribution in [0.1, 0.15) is 50.7 Å². The maximum Gasteiger partial charge on any atom is 0.150 e. The van der Waals surface area contributed by atoms with Gasteiger partial charge in [-0.05, 0) is 28.3 Å². The van der Waals surface area contributed by atoms with Crippen LogP contribution in [0, 0.1) is 0 Å². The molecule has 29 heavy (non-hydrogen) atoms. The van der Waals surface area contributed by atoms with E-state index < -0.39 is 0 Å². The van der Waals surface area contributed by atoms with Crippen molar-refractivity contribution in [2.45, 2.75) is 39.5 Å². The van der Waals surface area contributed by atoms with Crippen LogP contribution < -0.4 is 0 Å². The van der Waals surface area contributed by atoms with E-state index in [9.17, 15) is 0 Å². The molecule has 0 N–H and O–H groups in total. The fourth-order valence-electron chi connectivity index (χ4n) is 4.38. The standard InChI is InChI=1S/C25H24N4/c1-15(2)17-10-7-11-18(16(3)4)23(17)22-13-27-24-20-9-6-5-8-19(20)21-12-26-14-28-25(21)29(22)24/h5-16H,1-4H3. The molecule has 2 aromatic carbocycles. The highest BCUT2D eigenvalue weighted by molar-refractivity contribution is 6.11. The van der Waals surface area contributed by atoms with Crippen molar-refractivity contribution >= 4 is 27.5 Å². The first kappa shape index (κ1) is 17.8. The van der Waals surface area contributed by atoms with Gasteiger partial charge in [-0.15, -0.1) is 0 Å². The average molecular weight is 380 g/mol. The lowest BCUT2D eigenvalue weighted by Gasteiger charge is -2.20. The third-order valence-electron chi connectivity index (χ3n) is 5.75. The van der Waals surface area contributed by atoms with Gasteiger partial charge in [0.2, 0.25) is 0 Å². The molecule has 3 aromatic heterocycles. The monoisotopic (exact) mass is 380 g/mol. The van der Waals surface area contributed by atoms with E-state index in [-0.39, 0.29) is 0 Å². The van der Waals surface area contributed by atoms with Crippen LogP contribution in [0.2, 0.25) is 0 Å². The highest BCUT2D eigenvalue weighted by Gasteiger charge is 2.21. The smallest absolute Gasteiger partial charge is 0.150 e. The molecular weight excluding hydrogens is 356 g/mol. The normalized spacial score (nSPS) is 12.1. The van der Waals surface area contributed by atoms with Crippen molar-refractivity contribution in [2.24, 2.45) is 0 Å². The fraction of sp³-hybridized carbons (Fsp3) is 0.240. The first-order valence-electron chi connectivity index (χ1n) is 10.2. The molecule has 0 spiro atoms. The first-order chi connectivity index (χ1) is 14.1. The number of nitrogens with zero attached hydrogens (tertiary/aromatic N) is 4. The van der Waals surface area contributed by atoms with Gasteiger partial charge in [0.25, 0.3) is 0 Å². The van der Waals surface area contributed by atoms with Crippen molar-refractivity contribution in [3.63, 3.8) is 0 Å². The summed E-state index contributed by atoms with van der Waals surface area (Å²) in [6, 6.07) is 15.0. The number of hydrogen-bond donors (Lipinski definition) is 0. The Bertz CT molecular complexity index is 1340. The molecule has 4 nitrogen and oxygen atoms in total. The third-order valence-corrected chi connectivity index (χ3v) is 5.75. The molecule has 0 radical (unpaired) electrons. The van der Waals surface area contributed by atoms with Gasteiger partial charge in [-0.25, -0.2) is 15.0 Å². The van der Waals surface area contributed by atoms with E-state index in [1.165, 1.54) is 16.7 Å². The summed E-state index contributed by atoms with van der Waals surface area (Å²) in [6.45, 7) is 9.01. The van der Waals surface area contributed by atoms with Gasteiger partial charge in [0.15, 0.2) is 0 Å². The Morgan fingerprint density at radius 1 is 0.690 bits per heavy atom. The molecule has 0 saturated carbocycles. The number of pyridine rings is 1. The van der Waals surface area contributed by atoms with Crippen molar-refractivity contribution in [3.05, 3.63) is 72.3 Å². The first-order valence-corrected chi connectivity index (χ1v) is 10.2. The molecule has 0 amide bonds. The van der Waals surface area contributed by atoms with Crippen molar-refractivity contribution < 1.29 is 0 Å². The summed E-state index contributed by atoms with van der Waals surface area (Å²) in [5.74, 6) is 0.825. The lowest BCUT2D eigenvalue weighted by molar-refractivity contribution is 0.836. The van der Waals surface area contributed by atoms with Gasteiger partial charge in [0.1, 0.15) is 17.6 Å². The number of benzene rings is 2. The Morgan fingerprint density at radius 3 is 2.03 bits per heavy atom. The molecule has 4 heteroatoms. The van der Waals surface area contributed by atoms with Crippen LogP contribution >= 0.6 is 0 Å².